The van der Waals surface area contributed by atoms with Crippen molar-refractivity contribution in [2.24, 2.45) is 0 Å². The van der Waals surface area contributed by atoms with Gasteiger partial charge in [0.2, 0.25) is 0 Å². The number of halogens is 1. The van der Waals surface area contributed by atoms with Gasteiger partial charge in [-0.1, -0.05) is 103 Å². The Morgan fingerprint density at radius 3 is 1.90 bits per heavy atom. The Balaban J connectivity index is 1.29. The molecular formula is C32H30ClN3O4. The zero-order valence-corrected chi connectivity index (χ0v) is 22.6. The Morgan fingerprint density at radius 1 is 0.700 bits per heavy atom. The van der Waals surface area contributed by atoms with Gasteiger partial charge in [-0.15, -0.1) is 0 Å². The summed E-state index contributed by atoms with van der Waals surface area (Å²) in [7, 11) is 0. The van der Waals surface area contributed by atoms with Crippen molar-refractivity contribution in [1.82, 2.24) is 14.5 Å². The second-order valence-corrected chi connectivity index (χ2v) is 10.1. The molecule has 7 nitrogen and oxygen atoms in total. The van der Waals surface area contributed by atoms with Crippen LogP contribution >= 0.6 is 11.6 Å². The zero-order chi connectivity index (χ0) is 27.1. The summed E-state index contributed by atoms with van der Waals surface area (Å²) in [6.07, 6.45) is 1.63. The van der Waals surface area contributed by atoms with Crippen molar-refractivity contribution in [3.05, 3.63) is 131 Å². The number of hydrogen-bond acceptors (Lipinski definition) is 6. The molecule has 3 aromatic carbocycles. The molecule has 0 amide bonds. The lowest BCUT2D eigenvalue weighted by Crippen LogP contribution is -2.38. The molecule has 0 saturated carbocycles. The van der Waals surface area contributed by atoms with Gasteiger partial charge in [0.15, 0.2) is 6.23 Å². The lowest BCUT2D eigenvalue weighted by atomic mass is 10.1. The number of nitrogens with zero attached hydrogens (tertiary/aromatic N) is 3. The van der Waals surface area contributed by atoms with E-state index in [2.05, 4.69) is 9.97 Å². The zero-order valence-electron chi connectivity index (χ0n) is 21.9. The molecule has 2 aromatic heterocycles. The molecule has 0 N–H and O–H groups in total. The Bertz CT molecular complexity index is 1500. The maximum absolute atomic E-state index is 6.68. The van der Waals surface area contributed by atoms with Crippen molar-refractivity contribution in [3.8, 4) is 0 Å². The van der Waals surface area contributed by atoms with E-state index in [1.165, 1.54) is 6.33 Å². The van der Waals surface area contributed by atoms with Crippen LogP contribution < -0.4 is 0 Å². The van der Waals surface area contributed by atoms with Crippen molar-refractivity contribution >= 4 is 22.6 Å². The maximum Gasteiger partial charge on any atom is 0.164 e. The van der Waals surface area contributed by atoms with Gasteiger partial charge < -0.3 is 23.5 Å². The third kappa shape index (κ3) is 6.09. The molecular weight excluding hydrogens is 526 g/mol. The van der Waals surface area contributed by atoms with Gasteiger partial charge in [0.05, 0.1) is 31.8 Å². The van der Waals surface area contributed by atoms with Gasteiger partial charge in [-0.25, -0.2) is 9.97 Å². The highest BCUT2D eigenvalue weighted by Crippen LogP contribution is 2.37. The highest BCUT2D eigenvalue weighted by molar-refractivity contribution is 6.33. The Hall–Kier alpha value is -3.59. The van der Waals surface area contributed by atoms with Gasteiger partial charge in [-0.05, 0) is 22.8 Å². The molecule has 0 bridgehead atoms. The molecule has 1 fully saturated rings. The Morgan fingerprint density at radius 2 is 1.27 bits per heavy atom. The van der Waals surface area contributed by atoms with Crippen LogP contribution in [0.4, 0.5) is 0 Å². The van der Waals surface area contributed by atoms with Gasteiger partial charge in [-0.3, -0.25) is 0 Å². The molecule has 0 spiro atoms. The van der Waals surface area contributed by atoms with Crippen LogP contribution in [0, 0.1) is 0 Å². The van der Waals surface area contributed by atoms with E-state index in [4.69, 9.17) is 30.5 Å². The van der Waals surface area contributed by atoms with Crippen LogP contribution in [0.1, 0.15) is 22.9 Å². The molecule has 0 radical (unpaired) electrons. The summed E-state index contributed by atoms with van der Waals surface area (Å²) in [5.41, 5.74) is 3.90. The van der Waals surface area contributed by atoms with Crippen molar-refractivity contribution < 1.29 is 18.9 Å². The minimum atomic E-state index is -0.515. The van der Waals surface area contributed by atoms with Crippen LogP contribution in [0.15, 0.2) is 110 Å². The monoisotopic (exact) mass is 555 g/mol. The summed E-state index contributed by atoms with van der Waals surface area (Å²) in [6.45, 7) is 1.64. The molecule has 1 aliphatic heterocycles. The smallest absolute Gasteiger partial charge is 0.164 e. The molecule has 40 heavy (non-hydrogen) atoms. The highest BCUT2D eigenvalue weighted by Gasteiger charge is 2.48. The summed E-state index contributed by atoms with van der Waals surface area (Å²) in [4.78, 5) is 8.63. The summed E-state index contributed by atoms with van der Waals surface area (Å²) < 4.78 is 27.9. The number of rotatable bonds is 11. The fourth-order valence-electron chi connectivity index (χ4n) is 4.99. The third-order valence-corrected chi connectivity index (χ3v) is 7.29. The number of ether oxygens (including phenoxy) is 4. The molecule has 6 rings (SSSR count). The standard InChI is InChI=1S/C32H30ClN3O4/c33-30-26-16-17-36(31(26)35-22-34-30)32-29(39-20-25-14-8-3-9-15-25)28(38-19-24-12-6-2-7-13-24)27(40-32)21-37-18-23-10-4-1-5-11-23/h1-17,22,27-29,32H,18-21H2. The van der Waals surface area contributed by atoms with Crippen LogP contribution in [-0.4, -0.2) is 39.5 Å². The third-order valence-electron chi connectivity index (χ3n) is 6.98. The van der Waals surface area contributed by atoms with E-state index in [1.807, 2.05) is 108 Å². The molecule has 1 saturated heterocycles. The molecule has 3 heterocycles. The molecule has 5 aromatic rings. The normalized spacial score (nSPS) is 20.7. The molecule has 1 aliphatic rings. The van der Waals surface area contributed by atoms with E-state index >= 15 is 0 Å². The minimum Gasteiger partial charge on any atom is -0.374 e. The first-order chi connectivity index (χ1) is 19.8. The van der Waals surface area contributed by atoms with Crippen LogP contribution in [0.25, 0.3) is 11.0 Å². The SMILES string of the molecule is Clc1ncnc2c1ccn2C1OC(COCc2ccccc2)C(OCc2ccccc2)C1OCc1ccccc1. The van der Waals surface area contributed by atoms with Gasteiger partial charge >= 0.3 is 0 Å². The van der Waals surface area contributed by atoms with Crippen molar-refractivity contribution in [1.29, 1.82) is 0 Å². The fraction of sp³-hybridized carbons (Fsp3) is 0.250. The van der Waals surface area contributed by atoms with E-state index in [1.54, 1.807) is 0 Å². The largest absolute Gasteiger partial charge is 0.374 e. The van der Waals surface area contributed by atoms with Crippen LogP contribution in [0.3, 0.4) is 0 Å². The van der Waals surface area contributed by atoms with Crippen molar-refractivity contribution in [3.63, 3.8) is 0 Å². The quantitative estimate of drug-likeness (QED) is 0.176. The molecule has 204 valence electrons. The van der Waals surface area contributed by atoms with Gasteiger partial charge in [0.1, 0.15) is 35.4 Å². The second kappa shape index (κ2) is 12.7. The summed E-state index contributed by atoms with van der Waals surface area (Å²) >= 11 is 6.38. The highest BCUT2D eigenvalue weighted by atomic mass is 35.5. The maximum atomic E-state index is 6.68. The van der Waals surface area contributed by atoms with E-state index in [9.17, 15) is 0 Å². The number of benzene rings is 3. The minimum absolute atomic E-state index is 0.338. The Kier molecular flexibility index (Phi) is 8.47. The summed E-state index contributed by atoms with van der Waals surface area (Å²) in [5.74, 6) is 0. The molecule has 8 heteroatoms. The predicted octanol–water partition coefficient (Wildman–Crippen LogP) is 6.37. The van der Waals surface area contributed by atoms with Crippen LogP contribution in [0.5, 0.6) is 0 Å². The average Bonchev–Trinajstić information content (AvgIpc) is 3.58. The van der Waals surface area contributed by atoms with Crippen LogP contribution in [-0.2, 0) is 38.8 Å². The van der Waals surface area contributed by atoms with Gasteiger partial charge in [-0.2, -0.15) is 0 Å². The number of aromatic nitrogens is 3. The van der Waals surface area contributed by atoms with E-state index in [0.717, 1.165) is 22.1 Å². The number of fused-ring (bicyclic) bond motifs is 1. The summed E-state index contributed by atoms with van der Waals surface area (Å²) in [6, 6.07) is 32.2. The Labute approximate surface area is 238 Å². The average molecular weight is 556 g/mol. The van der Waals surface area contributed by atoms with E-state index in [0.29, 0.717) is 37.2 Å². The fourth-order valence-corrected chi connectivity index (χ4v) is 5.18. The topological polar surface area (TPSA) is 67.6 Å². The molecule has 0 aliphatic carbocycles. The van der Waals surface area contributed by atoms with E-state index in [-0.39, 0.29) is 6.10 Å². The summed E-state index contributed by atoms with van der Waals surface area (Å²) in [5, 5.41) is 1.14. The van der Waals surface area contributed by atoms with E-state index < -0.39 is 18.4 Å². The van der Waals surface area contributed by atoms with Crippen molar-refractivity contribution in [2.45, 2.75) is 44.4 Å². The molecule has 4 atom stereocenters. The first-order valence-corrected chi connectivity index (χ1v) is 13.7. The lowest BCUT2D eigenvalue weighted by molar-refractivity contribution is -0.0913. The molecule has 4 unspecified atom stereocenters. The van der Waals surface area contributed by atoms with Crippen molar-refractivity contribution in [2.75, 3.05) is 6.61 Å². The lowest BCUT2D eigenvalue weighted by Gasteiger charge is -2.26. The predicted molar refractivity (Wildman–Crippen MR) is 153 cm³/mol. The first kappa shape index (κ1) is 26.6. The van der Waals surface area contributed by atoms with Gasteiger partial charge in [0, 0.05) is 6.20 Å². The first-order valence-electron chi connectivity index (χ1n) is 13.3. The second-order valence-electron chi connectivity index (χ2n) is 9.71. The van der Waals surface area contributed by atoms with Gasteiger partial charge in [0.25, 0.3) is 0 Å². The van der Waals surface area contributed by atoms with Crippen LogP contribution in [0.2, 0.25) is 5.15 Å². The number of hydrogen-bond donors (Lipinski definition) is 0.